The van der Waals surface area contributed by atoms with Crippen molar-refractivity contribution in [2.45, 2.75) is 50.7 Å². The molecule has 1 atom stereocenters. The van der Waals surface area contributed by atoms with Gasteiger partial charge in [0.15, 0.2) is 0 Å². The van der Waals surface area contributed by atoms with Crippen molar-refractivity contribution in [2.75, 3.05) is 39.9 Å². The number of unbranched alkanes of at least 4 members (excludes halogenated alkanes) is 2. The standard InChI is InChI=1S/C23H35N3O3/c1-3-4-5-11-25-23(17-27)9-13-26(14-10-23)16-22(28)19-8-12-24-21-7-6-18(29-2)15-20(19)21/h6-8,12,15,22,25,27-28H,3-5,9-11,13-14,16-17H2,1-2H3/t22-/m0/s1. The van der Waals surface area contributed by atoms with Crippen LogP contribution in [0.15, 0.2) is 30.5 Å². The Labute approximate surface area is 173 Å². The lowest BCUT2D eigenvalue weighted by atomic mass is 9.87. The van der Waals surface area contributed by atoms with Crippen LogP contribution in [0.3, 0.4) is 0 Å². The van der Waals surface area contributed by atoms with E-state index in [2.05, 4.69) is 22.1 Å². The van der Waals surface area contributed by atoms with E-state index in [1.165, 1.54) is 12.8 Å². The maximum atomic E-state index is 10.9. The average molecular weight is 402 g/mol. The molecule has 1 aliphatic rings. The third kappa shape index (κ3) is 5.45. The predicted octanol–water partition coefficient (Wildman–Crippen LogP) is 2.88. The second kappa shape index (κ2) is 10.3. The molecule has 1 saturated heterocycles. The molecule has 1 aromatic carbocycles. The quantitative estimate of drug-likeness (QED) is 0.532. The maximum absolute atomic E-state index is 10.9. The van der Waals surface area contributed by atoms with E-state index < -0.39 is 6.10 Å². The van der Waals surface area contributed by atoms with E-state index in [1.807, 2.05) is 24.3 Å². The molecule has 0 amide bonds. The Morgan fingerprint density at radius 2 is 2.03 bits per heavy atom. The molecule has 0 unspecified atom stereocenters. The first-order chi connectivity index (χ1) is 14.1. The van der Waals surface area contributed by atoms with Gasteiger partial charge in [-0.05, 0) is 55.6 Å². The number of benzene rings is 1. The summed E-state index contributed by atoms with van der Waals surface area (Å²) in [6.07, 6.45) is 6.53. The fourth-order valence-corrected chi connectivity index (χ4v) is 4.19. The molecule has 6 nitrogen and oxygen atoms in total. The fourth-order valence-electron chi connectivity index (χ4n) is 4.19. The highest BCUT2D eigenvalue weighted by molar-refractivity contribution is 5.83. The van der Waals surface area contributed by atoms with Gasteiger partial charge < -0.3 is 25.2 Å². The molecule has 2 heterocycles. The van der Waals surface area contributed by atoms with E-state index in [1.54, 1.807) is 13.3 Å². The summed E-state index contributed by atoms with van der Waals surface area (Å²) in [5.41, 5.74) is 1.56. The minimum Gasteiger partial charge on any atom is -0.497 e. The van der Waals surface area contributed by atoms with Crippen LogP contribution in [0.1, 0.15) is 50.7 Å². The van der Waals surface area contributed by atoms with Gasteiger partial charge in [0.25, 0.3) is 0 Å². The monoisotopic (exact) mass is 401 g/mol. The molecule has 160 valence electrons. The lowest BCUT2D eigenvalue weighted by Crippen LogP contribution is -2.56. The van der Waals surface area contributed by atoms with Crippen molar-refractivity contribution < 1.29 is 14.9 Å². The number of likely N-dealkylation sites (tertiary alicyclic amines) is 1. The summed E-state index contributed by atoms with van der Waals surface area (Å²) in [7, 11) is 1.64. The number of aliphatic hydroxyl groups is 2. The van der Waals surface area contributed by atoms with Gasteiger partial charge in [-0.3, -0.25) is 4.98 Å². The number of hydrogen-bond donors (Lipinski definition) is 3. The van der Waals surface area contributed by atoms with Gasteiger partial charge in [-0.15, -0.1) is 0 Å². The van der Waals surface area contributed by atoms with Crippen molar-refractivity contribution in [1.82, 2.24) is 15.2 Å². The number of ether oxygens (including phenoxy) is 1. The van der Waals surface area contributed by atoms with E-state index in [-0.39, 0.29) is 12.1 Å². The third-order valence-corrected chi connectivity index (χ3v) is 6.17. The SMILES string of the molecule is CCCCCNC1(CO)CCN(C[C@H](O)c2ccnc3ccc(OC)cc23)CC1. The van der Waals surface area contributed by atoms with E-state index in [9.17, 15) is 10.2 Å². The number of pyridine rings is 1. The lowest BCUT2D eigenvalue weighted by molar-refractivity contribution is 0.0494. The molecule has 0 saturated carbocycles. The number of fused-ring (bicyclic) bond motifs is 1. The van der Waals surface area contributed by atoms with Crippen LogP contribution in [0.5, 0.6) is 5.75 Å². The number of hydrogen-bond acceptors (Lipinski definition) is 6. The molecule has 1 aromatic heterocycles. The average Bonchev–Trinajstić information content (AvgIpc) is 2.77. The third-order valence-electron chi connectivity index (χ3n) is 6.17. The Kier molecular flexibility index (Phi) is 7.84. The molecule has 3 rings (SSSR count). The van der Waals surface area contributed by atoms with Gasteiger partial charge >= 0.3 is 0 Å². The van der Waals surface area contributed by atoms with Gasteiger partial charge in [-0.2, -0.15) is 0 Å². The Balaban J connectivity index is 1.61. The Hall–Kier alpha value is -1.73. The van der Waals surface area contributed by atoms with Gasteiger partial charge in [0, 0.05) is 36.8 Å². The van der Waals surface area contributed by atoms with Gasteiger partial charge in [-0.1, -0.05) is 19.8 Å². The zero-order valence-electron chi connectivity index (χ0n) is 17.7. The van der Waals surface area contributed by atoms with E-state index in [0.29, 0.717) is 6.54 Å². The molecule has 29 heavy (non-hydrogen) atoms. The van der Waals surface area contributed by atoms with Crippen LogP contribution in [-0.2, 0) is 0 Å². The number of rotatable bonds is 10. The molecule has 3 N–H and O–H groups in total. The first-order valence-electron chi connectivity index (χ1n) is 10.8. The second-order valence-corrected chi connectivity index (χ2v) is 8.17. The van der Waals surface area contributed by atoms with E-state index in [4.69, 9.17) is 4.74 Å². The summed E-state index contributed by atoms with van der Waals surface area (Å²) < 4.78 is 5.34. The molecule has 0 spiro atoms. The number of aliphatic hydroxyl groups excluding tert-OH is 2. The van der Waals surface area contributed by atoms with Crippen molar-refractivity contribution in [3.8, 4) is 5.75 Å². The zero-order valence-corrected chi connectivity index (χ0v) is 17.7. The lowest BCUT2D eigenvalue weighted by Gasteiger charge is -2.42. The molecule has 1 aliphatic heterocycles. The highest BCUT2D eigenvalue weighted by atomic mass is 16.5. The number of nitrogens with zero attached hydrogens (tertiary/aromatic N) is 2. The summed E-state index contributed by atoms with van der Waals surface area (Å²) in [6.45, 7) is 5.64. The molecule has 0 radical (unpaired) electrons. The van der Waals surface area contributed by atoms with Crippen LogP contribution in [-0.4, -0.2) is 65.5 Å². The molecule has 2 aromatic rings. The van der Waals surface area contributed by atoms with Crippen molar-refractivity contribution in [3.63, 3.8) is 0 Å². The first-order valence-corrected chi connectivity index (χ1v) is 10.8. The number of nitrogens with one attached hydrogen (secondary N) is 1. The van der Waals surface area contributed by atoms with Crippen molar-refractivity contribution in [1.29, 1.82) is 0 Å². The second-order valence-electron chi connectivity index (χ2n) is 8.17. The maximum Gasteiger partial charge on any atom is 0.119 e. The van der Waals surface area contributed by atoms with Crippen molar-refractivity contribution in [3.05, 3.63) is 36.0 Å². The smallest absolute Gasteiger partial charge is 0.119 e. The molecule has 6 heteroatoms. The van der Waals surface area contributed by atoms with Crippen LogP contribution in [0.4, 0.5) is 0 Å². The Bertz CT molecular complexity index is 775. The van der Waals surface area contributed by atoms with Gasteiger partial charge in [0.1, 0.15) is 5.75 Å². The summed E-state index contributed by atoms with van der Waals surface area (Å²) in [5, 5.41) is 25.4. The molecular weight excluding hydrogens is 366 g/mol. The summed E-state index contributed by atoms with van der Waals surface area (Å²) in [5.74, 6) is 0.763. The molecule has 0 bridgehead atoms. The largest absolute Gasteiger partial charge is 0.497 e. The van der Waals surface area contributed by atoms with E-state index >= 15 is 0 Å². The summed E-state index contributed by atoms with van der Waals surface area (Å²) >= 11 is 0. The summed E-state index contributed by atoms with van der Waals surface area (Å²) in [6, 6.07) is 7.64. The fraction of sp³-hybridized carbons (Fsp3) is 0.609. The minimum atomic E-state index is -0.591. The number of piperidine rings is 1. The predicted molar refractivity (Wildman–Crippen MR) is 116 cm³/mol. The van der Waals surface area contributed by atoms with Crippen LogP contribution >= 0.6 is 0 Å². The zero-order chi connectivity index (χ0) is 20.7. The number of β-amino-alcohol motifs (C(OH)–C–C–N with tert-alkyl or cyclic N) is 1. The molecule has 1 fully saturated rings. The normalized spacial score (nSPS) is 18.1. The van der Waals surface area contributed by atoms with Crippen LogP contribution in [0.2, 0.25) is 0 Å². The van der Waals surface area contributed by atoms with Crippen LogP contribution in [0, 0.1) is 0 Å². The van der Waals surface area contributed by atoms with Gasteiger partial charge in [0.2, 0.25) is 0 Å². The highest BCUT2D eigenvalue weighted by Gasteiger charge is 2.34. The van der Waals surface area contributed by atoms with Gasteiger partial charge in [0.05, 0.1) is 25.3 Å². The van der Waals surface area contributed by atoms with E-state index in [0.717, 1.165) is 61.1 Å². The number of methoxy groups -OCH3 is 1. The Morgan fingerprint density at radius 3 is 2.72 bits per heavy atom. The van der Waals surface area contributed by atoms with Crippen molar-refractivity contribution in [2.24, 2.45) is 0 Å². The van der Waals surface area contributed by atoms with Crippen LogP contribution < -0.4 is 10.1 Å². The molecule has 0 aliphatic carbocycles. The first kappa shape index (κ1) is 22.0. The minimum absolute atomic E-state index is 0.171. The highest BCUT2D eigenvalue weighted by Crippen LogP contribution is 2.29. The van der Waals surface area contributed by atoms with Crippen molar-refractivity contribution >= 4 is 10.9 Å². The topological polar surface area (TPSA) is 77.9 Å². The van der Waals surface area contributed by atoms with Gasteiger partial charge in [-0.25, -0.2) is 0 Å². The Morgan fingerprint density at radius 1 is 1.24 bits per heavy atom. The molecular formula is C23H35N3O3. The van der Waals surface area contributed by atoms with Crippen LogP contribution in [0.25, 0.3) is 10.9 Å². The number of aromatic nitrogens is 1. The summed E-state index contributed by atoms with van der Waals surface area (Å²) in [4.78, 5) is 6.69.